The average molecular weight is 470 g/mol. The van der Waals surface area contributed by atoms with Crippen molar-refractivity contribution in [3.63, 3.8) is 0 Å². The van der Waals surface area contributed by atoms with Crippen LogP contribution >= 0.6 is 0 Å². The summed E-state index contributed by atoms with van der Waals surface area (Å²) in [5.74, 6) is 0.421. The fourth-order valence-electron chi connectivity index (χ4n) is 4.87. The molecule has 1 atom stereocenters. The summed E-state index contributed by atoms with van der Waals surface area (Å²) in [6, 6.07) is 23.6. The van der Waals surface area contributed by atoms with Gasteiger partial charge in [0.05, 0.1) is 17.8 Å². The van der Waals surface area contributed by atoms with E-state index in [4.69, 9.17) is 4.42 Å². The normalized spacial score (nSPS) is 16.7. The number of likely N-dealkylation sites (tertiary alicyclic amines) is 1. The van der Waals surface area contributed by atoms with E-state index in [1.807, 2.05) is 42.5 Å². The lowest BCUT2D eigenvalue weighted by atomic mass is 9.83. The van der Waals surface area contributed by atoms with Gasteiger partial charge in [-0.1, -0.05) is 49.4 Å². The highest BCUT2D eigenvalue weighted by atomic mass is 16.3. The number of hydrogen-bond acceptors (Lipinski definition) is 5. The van der Waals surface area contributed by atoms with Gasteiger partial charge in [0.15, 0.2) is 5.76 Å². The molecule has 2 aromatic carbocycles. The van der Waals surface area contributed by atoms with E-state index in [0.29, 0.717) is 30.9 Å². The predicted molar refractivity (Wildman–Crippen MR) is 136 cm³/mol. The maximum absolute atomic E-state index is 12.6. The fraction of sp³-hybridized carbons (Fsp3) is 0.310. The molecule has 6 heteroatoms. The molecule has 2 aromatic heterocycles. The third kappa shape index (κ3) is 5.29. The molecule has 2 N–H and O–H groups in total. The van der Waals surface area contributed by atoms with Crippen molar-refractivity contribution in [2.75, 3.05) is 19.6 Å². The summed E-state index contributed by atoms with van der Waals surface area (Å²) < 4.78 is 5.77. The molecule has 1 amide bonds. The van der Waals surface area contributed by atoms with Gasteiger partial charge in [0.25, 0.3) is 5.91 Å². The molecular formula is C29H31N3O3. The summed E-state index contributed by atoms with van der Waals surface area (Å²) in [5.41, 5.74) is 2.76. The molecule has 1 fully saturated rings. The molecule has 0 radical (unpaired) electrons. The Bertz CT molecular complexity index is 1280. The van der Waals surface area contributed by atoms with Crippen LogP contribution < -0.4 is 5.32 Å². The lowest BCUT2D eigenvalue weighted by molar-refractivity contribution is -0.0266. The van der Waals surface area contributed by atoms with Crippen LogP contribution in [0.25, 0.3) is 11.0 Å². The molecule has 180 valence electrons. The molecule has 0 saturated carbocycles. The number of rotatable bonds is 7. The topological polar surface area (TPSA) is 78.6 Å². The summed E-state index contributed by atoms with van der Waals surface area (Å²) in [6.07, 6.45) is 3.05. The molecule has 0 spiro atoms. The minimum Gasteiger partial charge on any atom is -0.451 e. The molecule has 6 nitrogen and oxygen atoms in total. The number of nitrogens with one attached hydrogen (secondary N) is 1. The van der Waals surface area contributed by atoms with Crippen LogP contribution in [0, 0.1) is 0 Å². The van der Waals surface area contributed by atoms with Crippen molar-refractivity contribution in [1.82, 2.24) is 15.2 Å². The number of aromatic nitrogens is 1. The lowest BCUT2D eigenvalue weighted by Crippen LogP contribution is -2.43. The van der Waals surface area contributed by atoms with Gasteiger partial charge >= 0.3 is 0 Å². The summed E-state index contributed by atoms with van der Waals surface area (Å²) in [4.78, 5) is 19.2. The third-order valence-electron chi connectivity index (χ3n) is 7.02. The van der Waals surface area contributed by atoms with Crippen LogP contribution in [0.5, 0.6) is 0 Å². The Morgan fingerprint density at radius 3 is 2.60 bits per heavy atom. The molecule has 0 bridgehead atoms. The second-order valence-electron chi connectivity index (χ2n) is 9.51. The largest absolute Gasteiger partial charge is 0.451 e. The van der Waals surface area contributed by atoms with Gasteiger partial charge in [0, 0.05) is 31.2 Å². The second kappa shape index (κ2) is 10.0. The van der Waals surface area contributed by atoms with E-state index in [9.17, 15) is 9.90 Å². The van der Waals surface area contributed by atoms with E-state index in [-0.39, 0.29) is 11.7 Å². The SMILES string of the molecule is CC(CN1CCC(O)(c2ccc3oc(C(=O)NCc4ccccn4)cc3c2)CC1)c1ccccc1. The minimum absolute atomic E-state index is 0.254. The number of carbonyl (C=O) groups excluding carboxylic acids is 1. The second-order valence-corrected chi connectivity index (χ2v) is 9.51. The number of carbonyl (C=O) groups is 1. The monoisotopic (exact) mass is 469 g/mol. The first-order valence-electron chi connectivity index (χ1n) is 12.2. The number of piperidine rings is 1. The predicted octanol–water partition coefficient (Wildman–Crippen LogP) is 4.84. The molecule has 35 heavy (non-hydrogen) atoms. The first-order chi connectivity index (χ1) is 17.0. The van der Waals surface area contributed by atoms with Gasteiger partial charge in [0.2, 0.25) is 0 Å². The molecule has 4 aromatic rings. The van der Waals surface area contributed by atoms with Gasteiger partial charge in [-0.05, 0) is 60.2 Å². The molecule has 1 aliphatic rings. The van der Waals surface area contributed by atoms with Gasteiger partial charge in [-0.15, -0.1) is 0 Å². The van der Waals surface area contributed by atoms with E-state index in [2.05, 4.69) is 46.4 Å². The number of aliphatic hydroxyl groups is 1. The zero-order chi connectivity index (χ0) is 24.3. The van der Waals surface area contributed by atoms with E-state index in [1.54, 1.807) is 12.3 Å². The first-order valence-corrected chi connectivity index (χ1v) is 12.2. The van der Waals surface area contributed by atoms with Crippen molar-refractivity contribution in [2.24, 2.45) is 0 Å². The van der Waals surface area contributed by atoms with Crippen LogP contribution in [0.15, 0.2) is 83.4 Å². The minimum atomic E-state index is -0.876. The van der Waals surface area contributed by atoms with Gasteiger partial charge in [-0.25, -0.2) is 0 Å². The van der Waals surface area contributed by atoms with Crippen LogP contribution in [-0.2, 0) is 12.1 Å². The van der Waals surface area contributed by atoms with E-state index in [0.717, 1.165) is 36.3 Å². The Hall–Kier alpha value is -3.48. The maximum Gasteiger partial charge on any atom is 0.287 e. The average Bonchev–Trinajstić information content (AvgIpc) is 3.33. The lowest BCUT2D eigenvalue weighted by Gasteiger charge is -2.39. The van der Waals surface area contributed by atoms with Crippen molar-refractivity contribution >= 4 is 16.9 Å². The van der Waals surface area contributed by atoms with Crippen LogP contribution in [0.4, 0.5) is 0 Å². The summed E-state index contributed by atoms with van der Waals surface area (Å²) in [5, 5.41) is 15.1. The molecule has 1 unspecified atom stereocenters. The van der Waals surface area contributed by atoms with Crippen molar-refractivity contribution in [3.05, 3.63) is 102 Å². The highest BCUT2D eigenvalue weighted by Gasteiger charge is 2.34. The Labute approximate surface area is 205 Å². The Morgan fingerprint density at radius 1 is 1.09 bits per heavy atom. The van der Waals surface area contributed by atoms with Crippen molar-refractivity contribution in [1.29, 1.82) is 0 Å². The Kier molecular flexibility index (Phi) is 6.66. The third-order valence-corrected chi connectivity index (χ3v) is 7.02. The van der Waals surface area contributed by atoms with E-state index >= 15 is 0 Å². The van der Waals surface area contributed by atoms with Crippen LogP contribution in [-0.4, -0.2) is 40.5 Å². The molecule has 5 rings (SSSR count). The number of fused-ring (bicyclic) bond motifs is 1. The van der Waals surface area contributed by atoms with Crippen LogP contribution in [0.3, 0.4) is 0 Å². The van der Waals surface area contributed by atoms with Gasteiger partial charge < -0.3 is 19.7 Å². The molecule has 1 aliphatic heterocycles. The number of furan rings is 1. The number of benzene rings is 2. The zero-order valence-corrected chi connectivity index (χ0v) is 20.0. The van der Waals surface area contributed by atoms with Crippen LogP contribution in [0.1, 0.15) is 53.1 Å². The summed E-state index contributed by atoms with van der Waals surface area (Å²) >= 11 is 0. The number of pyridine rings is 1. The number of amides is 1. The highest BCUT2D eigenvalue weighted by Crippen LogP contribution is 2.35. The summed E-state index contributed by atoms with van der Waals surface area (Å²) in [7, 11) is 0. The summed E-state index contributed by atoms with van der Waals surface area (Å²) in [6.45, 7) is 5.27. The Balaban J connectivity index is 1.22. The fourth-order valence-corrected chi connectivity index (χ4v) is 4.87. The Morgan fingerprint density at radius 2 is 1.86 bits per heavy atom. The molecule has 0 aliphatic carbocycles. The van der Waals surface area contributed by atoms with Crippen LogP contribution in [0.2, 0.25) is 0 Å². The molecule has 3 heterocycles. The standard InChI is InChI=1S/C29H31N3O3/c1-21(22-7-3-2-4-8-22)20-32-15-12-29(34,13-16-32)24-10-11-26-23(17-24)18-27(35-26)28(33)31-19-25-9-5-6-14-30-25/h2-11,14,17-18,21,34H,12-13,15-16,19-20H2,1H3,(H,31,33). The van der Waals surface area contributed by atoms with Crippen molar-refractivity contribution < 1.29 is 14.3 Å². The van der Waals surface area contributed by atoms with Gasteiger partial charge in [0.1, 0.15) is 5.58 Å². The smallest absolute Gasteiger partial charge is 0.287 e. The quantitative estimate of drug-likeness (QED) is 0.405. The van der Waals surface area contributed by atoms with Crippen molar-refractivity contribution in [3.8, 4) is 0 Å². The molecular weight excluding hydrogens is 438 g/mol. The van der Waals surface area contributed by atoms with Gasteiger partial charge in [-0.2, -0.15) is 0 Å². The highest BCUT2D eigenvalue weighted by molar-refractivity contribution is 5.96. The van der Waals surface area contributed by atoms with Gasteiger partial charge in [-0.3, -0.25) is 9.78 Å². The van der Waals surface area contributed by atoms with Crippen molar-refractivity contribution in [2.45, 2.75) is 37.8 Å². The molecule has 1 saturated heterocycles. The number of hydrogen-bond donors (Lipinski definition) is 2. The number of nitrogens with zero attached hydrogens (tertiary/aromatic N) is 2. The van der Waals surface area contributed by atoms with E-state index in [1.165, 1.54) is 5.56 Å². The van der Waals surface area contributed by atoms with E-state index < -0.39 is 5.60 Å². The first kappa shape index (κ1) is 23.3. The zero-order valence-electron chi connectivity index (χ0n) is 20.0. The maximum atomic E-state index is 12.6.